The number of quaternary nitrogens is 1. The van der Waals surface area contributed by atoms with E-state index in [2.05, 4.69) is 15.9 Å². The molecule has 8 heteroatoms. The molecule has 0 aliphatic carbocycles. The van der Waals surface area contributed by atoms with Crippen LogP contribution in [0, 0.1) is 5.21 Å². The highest BCUT2D eigenvalue weighted by Crippen LogP contribution is 2.22. The van der Waals surface area contributed by atoms with Crippen molar-refractivity contribution in [3.05, 3.63) is 63.3 Å². The molecule has 1 unspecified atom stereocenters. The highest BCUT2D eigenvalue weighted by molar-refractivity contribution is 9.10. The van der Waals surface area contributed by atoms with Crippen LogP contribution in [0.4, 0.5) is 5.69 Å². The lowest BCUT2D eigenvalue weighted by Crippen LogP contribution is -2.99. The summed E-state index contributed by atoms with van der Waals surface area (Å²) in [6.07, 6.45) is 0. The van der Waals surface area contributed by atoms with Crippen molar-refractivity contribution in [2.24, 2.45) is 0 Å². The van der Waals surface area contributed by atoms with Crippen molar-refractivity contribution in [3.63, 3.8) is 0 Å². The van der Waals surface area contributed by atoms with Crippen molar-refractivity contribution in [3.8, 4) is 5.75 Å². The number of nitrogens with one attached hydrogen (secondary N) is 1. The molecule has 0 aliphatic rings. The van der Waals surface area contributed by atoms with Crippen molar-refractivity contribution in [2.75, 3.05) is 13.7 Å². The van der Waals surface area contributed by atoms with E-state index in [0.29, 0.717) is 5.56 Å². The quantitative estimate of drug-likeness (QED) is 0.440. The summed E-state index contributed by atoms with van der Waals surface area (Å²) in [6.45, 7) is -0.486. The van der Waals surface area contributed by atoms with E-state index < -0.39 is 23.6 Å². The van der Waals surface area contributed by atoms with Gasteiger partial charge in [-0.05, 0) is 36.4 Å². The lowest BCUT2D eigenvalue weighted by Gasteiger charge is -2.15. The van der Waals surface area contributed by atoms with Crippen molar-refractivity contribution in [1.82, 2.24) is 0 Å². The van der Waals surface area contributed by atoms with Crippen LogP contribution in [0.15, 0.2) is 46.9 Å². The molecule has 0 bridgehead atoms. The monoisotopic (exact) mass is 395 g/mol. The summed E-state index contributed by atoms with van der Waals surface area (Å²) in [5.41, 5.74) is 0.298. The highest BCUT2D eigenvalue weighted by Gasteiger charge is 2.16. The Hall–Kier alpha value is -2.26. The zero-order valence-corrected chi connectivity index (χ0v) is 14.2. The Morgan fingerprint density at radius 2 is 1.79 bits per heavy atom. The van der Waals surface area contributed by atoms with E-state index in [9.17, 15) is 14.8 Å². The van der Waals surface area contributed by atoms with Crippen LogP contribution in [0.2, 0.25) is 0 Å². The number of halogens is 1. The van der Waals surface area contributed by atoms with E-state index in [0.717, 1.165) is 4.47 Å². The molecule has 0 spiro atoms. The Bertz CT molecular complexity index is 745. The third kappa shape index (κ3) is 4.39. The molecule has 0 saturated heterocycles. The normalized spacial score (nSPS) is 11.7. The van der Waals surface area contributed by atoms with Crippen molar-refractivity contribution in [1.29, 1.82) is 0 Å². The summed E-state index contributed by atoms with van der Waals surface area (Å²) >= 11 is 3.25. The summed E-state index contributed by atoms with van der Waals surface area (Å²) in [4.78, 5) is 24.0. The Morgan fingerprint density at radius 3 is 2.38 bits per heavy atom. The van der Waals surface area contributed by atoms with Gasteiger partial charge in [0, 0.05) is 16.1 Å². The van der Waals surface area contributed by atoms with E-state index in [-0.39, 0.29) is 17.0 Å². The fourth-order valence-corrected chi connectivity index (χ4v) is 2.20. The van der Waals surface area contributed by atoms with Crippen LogP contribution < -0.4 is 9.96 Å². The first-order chi connectivity index (χ1) is 11.4. The molecule has 2 N–H and O–H groups in total. The van der Waals surface area contributed by atoms with Crippen LogP contribution in [0.3, 0.4) is 0 Å². The van der Waals surface area contributed by atoms with Crippen LogP contribution in [0.25, 0.3) is 0 Å². The highest BCUT2D eigenvalue weighted by atomic mass is 79.9. The van der Waals surface area contributed by atoms with Gasteiger partial charge >= 0.3 is 5.97 Å². The minimum Gasteiger partial charge on any atom is -0.595 e. The average Bonchev–Trinajstić information content (AvgIpc) is 2.59. The Kier molecular flexibility index (Phi) is 6.04. The summed E-state index contributed by atoms with van der Waals surface area (Å²) in [6, 6.07) is 10.5. The second kappa shape index (κ2) is 8.02. The Balaban J connectivity index is 2.06. The van der Waals surface area contributed by atoms with Gasteiger partial charge in [0.25, 0.3) is 0 Å². The summed E-state index contributed by atoms with van der Waals surface area (Å²) in [5.74, 6) is -1.00. The van der Waals surface area contributed by atoms with Crippen LogP contribution in [0.5, 0.6) is 5.75 Å². The molecular weight excluding hydrogens is 382 g/mol. The van der Waals surface area contributed by atoms with E-state index in [1.807, 2.05) is 0 Å². The average molecular weight is 396 g/mol. The zero-order chi connectivity index (χ0) is 17.7. The number of benzene rings is 2. The number of Topliss-reactive ketones (excluding diaryl/α,β-unsaturated/α-hetero) is 1. The molecule has 0 amide bonds. The van der Waals surface area contributed by atoms with E-state index in [1.54, 1.807) is 24.3 Å². The minimum absolute atomic E-state index is 0.122. The van der Waals surface area contributed by atoms with E-state index in [1.165, 1.54) is 25.3 Å². The SMILES string of the molecule is COc1ccc(C(=O)COC(=O)c2ccc(Br)cc2)cc1[NH+]([O-])O. The van der Waals surface area contributed by atoms with Crippen LogP contribution in [0.1, 0.15) is 20.7 Å². The molecule has 0 aliphatic heterocycles. The third-order valence-electron chi connectivity index (χ3n) is 3.17. The molecular formula is C16H14BrNO6. The maximum Gasteiger partial charge on any atom is 0.338 e. The summed E-state index contributed by atoms with van der Waals surface area (Å²) < 4.78 is 10.7. The van der Waals surface area contributed by atoms with Gasteiger partial charge in [-0.15, -0.1) is 0 Å². The maximum atomic E-state index is 12.1. The van der Waals surface area contributed by atoms with Gasteiger partial charge in [-0.2, -0.15) is 5.23 Å². The smallest absolute Gasteiger partial charge is 0.338 e. The predicted octanol–water partition coefficient (Wildman–Crippen LogP) is 1.90. The van der Waals surface area contributed by atoms with Crippen molar-refractivity contribution < 1.29 is 29.5 Å². The summed E-state index contributed by atoms with van der Waals surface area (Å²) in [7, 11) is 1.34. The van der Waals surface area contributed by atoms with Gasteiger partial charge in [-0.1, -0.05) is 15.9 Å². The lowest BCUT2D eigenvalue weighted by atomic mass is 10.1. The number of esters is 1. The molecule has 1 atom stereocenters. The molecule has 2 aromatic rings. The first-order valence-corrected chi connectivity index (χ1v) is 7.59. The number of ketones is 1. The third-order valence-corrected chi connectivity index (χ3v) is 3.69. The number of carbonyl (C=O) groups excluding carboxylic acids is 2. The molecule has 0 fully saturated rings. The lowest BCUT2D eigenvalue weighted by molar-refractivity contribution is -0.991. The molecule has 126 valence electrons. The number of ether oxygens (including phenoxy) is 2. The van der Waals surface area contributed by atoms with Crippen molar-refractivity contribution >= 4 is 33.4 Å². The molecule has 0 radical (unpaired) electrons. The van der Waals surface area contributed by atoms with Crippen LogP contribution in [-0.2, 0) is 4.74 Å². The summed E-state index contributed by atoms with van der Waals surface area (Å²) in [5, 5.41) is 19.1. The number of methoxy groups -OCH3 is 1. The number of hydrogen-bond donors (Lipinski definition) is 2. The maximum absolute atomic E-state index is 12.1. The fraction of sp³-hybridized carbons (Fsp3) is 0.125. The Labute approximate surface area is 146 Å². The Morgan fingerprint density at radius 1 is 1.17 bits per heavy atom. The predicted molar refractivity (Wildman–Crippen MR) is 87.5 cm³/mol. The molecule has 7 nitrogen and oxygen atoms in total. The van der Waals surface area contributed by atoms with Gasteiger partial charge < -0.3 is 14.7 Å². The second-order valence-electron chi connectivity index (χ2n) is 4.73. The molecule has 24 heavy (non-hydrogen) atoms. The van der Waals surface area contributed by atoms with Gasteiger partial charge in [0.2, 0.25) is 11.5 Å². The largest absolute Gasteiger partial charge is 0.595 e. The van der Waals surface area contributed by atoms with Gasteiger partial charge in [-0.3, -0.25) is 4.79 Å². The molecule has 2 aromatic carbocycles. The van der Waals surface area contributed by atoms with E-state index >= 15 is 0 Å². The number of rotatable bonds is 6. The van der Waals surface area contributed by atoms with Crippen LogP contribution >= 0.6 is 15.9 Å². The van der Waals surface area contributed by atoms with Gasteiger partial charge in [0.05, 0.1) is 12.7 Å². The number of carbonyl (C=O) groups is 2. The second-order valence-corrected chi connectivity index (χ2v) is 5.64. The zero-order valence-electron chi connectivity index (χ0n) is 12.6. The minimum atomic E-state index is -1.21. The van der Waals surface area contributed by atoms with Crippen LogP contribution in [-0.4, -0.2) is 30.7 Å². The van der Waals surface area contributed by atoms with Gasteiger partial charge in [0.1, 0.15) is 0 Å². The molecule has 0 heterocycles. The molecule has 2 rings (SSSR count). The number of hydrogen-bond acceptors (Lipinski definition) is 6. The first-order valence-electron chi connectivity index (χ1n) is 6.79. The van der Waals surface area contributed by atoms with E-state index in [4.69, 9.17) is 14.7 Å². The topological polar surface area (TPSA) is 100 Å². The van der Waals surface area contributed by atoms with Crippen molar-refractivity contribution in [2.45, 2.75) is 0 Å². The first kappa shape index (κ1) is 18.1. The fourth-order valence-electron chi connectivity index (χ4n) is 1.93. The van der Waals surface area contributed by atoms with Gasteiger partial charge in [-0.25, -0.2) is 10.0 Å². The van der Waals surface area contributed by atoms with Gasteiger partial charge in [0.15, 0.2) is 12.4 Å². The molecule has 0 aromatic heterocycles. The standard InChI is InChI=1S/C16H14BrNO6/c1-23-15-7-4-11(8-13(15)18(21)22)14(19)9-24-16(20)10-2-5-12(17)6-3-10/h2-8,18,21H,9H2,1H3. The molecule has 0 saturated carbocycles.